The Kier molecular flexibility index (Phi) is 2.45. The first-order valence-electron chi connectivity index (χ1n) is 8.59. The number of fused-ring (bicyclic) bond motifs is 10. The van der Waals surface area contributed by atoms with Crippen LogP contribution in [0.4, 0.5) is 0 Å². The highest BCUT2D eigenvalue weighted by atomic mass is 15.2. The van der Waals surface area contributed by atoms with E-state index in [4.69, 9.17) is 4.99 Å². The summed E-state index contributed by atoms with van der Waals surface area (Å²) in [5, 5.41) is 5.19. The maximum Gasteiger partial charge on any atom is 0.142 e. The van der Waals surface area contributed by atoms with Crippen LogP contribution in [0.3, 0.4) is 0 Å². The number of benzene rings is 3. The number of rotatable bonds is 0. The Morgan fingerprint density at radius 1 is 0.880 bits per heavy atom. The van der Waals surface area contributed by atoms with Crippen molar-refractivity contribution in [1.29, 1.82) is 0 Å². The lowest BCUT2D eigenvalue weighted by Gasteiger charge is -2.33. The van der Waals surface area contributed by atoms with Gasteiger partial charge in [-0.2, -0.15) is 0 Å². The lowest BCUT2D eigenvalue weighted by atomic mass is 9.82. The van der Waals surface area contributed by atoms with Crippen molar-refractivity contribution in [2.45, 2.75) is 12.1 Å². The van der Waals surface area contributed by atoms with Crippen LogP contribution in [0.5, 0.6) is 0 Å². The molecule has 0 radical (unpaired) electrons. The van der Waals surface area contributed by atoms with Gasteiger partial charge in [-0.1, -0.05) is 54.6 Å². The van der Waals surface area contributed by atoms with Crippen LogP contribution in [-0.2, 0) is 0 Å². The summed E-state index contributed by atoms with van der Waals surface area (Å²) in [7, 11) is 0. The zero-order valence-electron chi connectivity index (χ0n) is 13.5. The standard InChI is InChI=1S/C22H15N3/c1-2-5-15-14(4-1)7-8-17-16(15)9-10-19-20(17)18-6-3-11-23-21(18)25-13-12-24-22(19)25/h1-13,18,21H. The van der Waals surface area contributed by atoms with Crippen molar-refractivity contribution in [3.63, 3.8) is 0 Å². The summed E-state index contributed by atoms with van der Waals surface area (Å²) in [6.07, 6.45) is 10.2. The van der Waals surface area contributed by atoms with E-state index in [1.807, 2.05) is 18.6 Å². The van der Waals surface area contributed by atoms with Gasteiger partial charge in [0.2, 0.25) is 0 Å². The first-order chi connectivity index (χ1) is 12.4. The highest BCUT2D eigenvalue weighted by Gasteiger charge is 2.34. The lowest BCUT2D eigenvalue weighted by Crippen LogP contribution is -2.23. The molecular weight excluding hydrogens is 306 g/mol. The van der Waals surface area contributed by atoms with E-state index in [-0.39, 0.29) is 12.1 Å². The third kappa shape index (κ3) is 1.65. The average molecular weight is 321 g/mol. The smallest absolute Gasteiger partial charge is 0.142 e. The predicted molar refractivity (Wildman–Crippen MR) is 102 cm³/mol. The molecule has 2 aliphatic heterocycles. The molecule has 2 unspecified atom stereocenters. The molecule has 0 saturated heterocycles. The van der Waals surface area contributed by atoms with Crippen molar-refractivity contribution in [2.75, 3.05) is 0 Å². The van der Waals surface area contributed by atoms with Gasteiger partial charge in [0.1, 0.15) is 12.0 Å². The molecule has 25 heavy (non-hydrogen) atoms. The Morgan fingerprint density at radius 3 is 2.80 bits per heavy atom. The van der Waals surface area contributed by atoms with E-state index in [1.54, 1.807) is 0 Å². The van der Waals surface area contributed by atoms with Gasteiger partial charge in [-0.25, -0.2) is 4.98 Å². The van der Waals surface area contributed by atoms with E-state index in [0.29, 0.717) is 0 Å². The summed E-state index contributed by atoms with van der Waals surface area (Å²) in [4.78, 5) is 9.37. The Hall–Kier alpha value is -3.20. The molecule has 6 rings (SSSR count). The molecule has 0 spiro atoms. The fourth-order valence-corrected chi connectivity index (χ4v) is 4.39. The first-order valence-corrected chi connectivity index (χ1v) is 8.59. The quantitative estimate of drug-likeness (QED) is 0.415. The number of imidazole rings is 1. The van der Waals surface area contributed by atoms with Gasteiger partial charge in [-0.3, -0.25) is 4.99 Å². The fraction of sp³-hybridized carbons (Fsp3) is 0.0909. The van der Waals surface area contributed by atoms with Crippen molar-refractivity contribution in [2.24, 2.45) is 4.99 Å². The van der Waals surface area contributed by atoms with Gasteiger partial charge in [0, 0.05) is 30.1 Å². The van der Waals surface area contributed by atoms with Gasteiger partial charge in [0.25, 0.3) is 0 Å². The third-order valence-corrected chi connectivity index (χ3v) is 5.46. The highest BCUT2D eigenvalue weighted by Crippen LogP contribution is 2.47. The minimum absolute atomic E-state index is 0.0621. The Labute approximate surface area is 145 Å². The molecule has 0 aliphatic carbocycles. The second-order valence-corrected chi connectivity index (χ2v) is 6.69. The minimum Gasteiger partial charge on any atom is -0.307 e. The highest BCUT2D eigenvalue weighted by molar-refractivity contribution is 6.10. The third-order valence-electron chi connectivity index (χ3n) is 5.46. The molecule has 3 nitrogen and oxygen atoms in total. The molecule has 1 aromatic heterocycles. The average Bonchev–Trinajstić information content (AvgIpc) is 3.17. The van der Waals surface area contributed by atoms with Crippen LogP contribution in [0.25, 0.3) is 32.9 Å². The van der Waals surface area contributed by atoms with Crippen molar-refractivity contribution in [3.8, 4) is 11.4 Å². The van der Waals surface area contributed by atoms with Gasteiger partial charge in [-0.15, -0.1) is 0 Å². The molecular formula is C22H15N3. The van der Waals surface area contributed by atoms with Gasteiger partial charge < -0.3 is 4.57 Å². The molecule has 0 bridgehead atoms. The molecule has 3 heterocycles. The summed E-state index contributed by atoms with van der Waals surface area (Å²) < 4.78 is 2.19. The van der Waals surface area contributed by atoms with Gasteiger partial charge >= 0.3 is 0 Å². The number of allylic oxidation sites excluding steroid dienone is 1. The van der Waals surface area contributed by atoms with Gasteiger partial charge in [-0.05, 0) is 33.2 Å². The maximum atomic E-state index is 4.74. The van der Waals surface area contributed by atoms with Crippen LogP contribution in [0.2, 0.25) is 0 Å². The zero-order valence-corrected chi connectivity index (χ0v) is 13.5. The Morgan fingerprint density at radius 2 is 1.80 bits per heavy atom. The molecule has 0 N–H and O–H groups in total. The van der Waals surface area contributed by atoms with Crippen molar-refractivity contribution in [1.82, 2.24) is 9.55 Å². The van der Waals surface area contributed by atoms with E-state index in [0.717, 1.165) is 5.82 Å². The summed E-state index contributed by atoms with van der Waals surface area (Å²) in [5.41, 5.74) is 2.57. The fourth-order valence-electron chi connectivity index (χ4n) is 4.39. The second-order valence-electron chi connectivity index (χ2n) is 6.69. The summed E-state index contributed by atoms with van der Waals surface area (Å²) >= 11 is 0. The topological polar surface area (TPSA) is 30.2 Å². The van der Waals surface area contributed by atoms with E-state index < -0.39 is 0 Å². The summed E-state index contributed by atoms with van der Waals surface area (Å²) in [6, 6.07) is 17.5. The number of hydrogen-bond acceptors (Lipinski definition) is 2. The lowest BCUT2D eigenvalue weighted by molar-refractivity contribution is 0.470. The Balaban J connectivity index is 1.78. The van der Waals surface area contributed by atoms with Crippen molar-refractivity contribution >= 4 is 27.8 Å². The Bertz CT molecular complexity index is 1210. The molecule has 0 amide bonds. The number of hydrogen-bond donors (Lipinski definition) is 0. The molecule has 2 aliphatic rings. The number of aromatic nitrogens is 2. The molecule has 3 aromatic carbocycles. The first kappa shape index (κ1) is 13.1. The monoisotopic (exact) mass is 321 g/mol. The largest absolute Gasteiger partial charge is 0.307 e. The minimum atomic E-state index is 0.0621. The van der Waals surface area contributed by atoms with E-state index in [2.05, 4.69) is 70.2 Å². The van der Waals surface area contributed by atoms with Crippen LogP contribution >= 0.6 is 0 Å². The second kappa shape index (κ2) is 4.67. The van der Waals surface area contributed by atoms with Crippen molar-refractivity contribution in [3.05, 3.63) is 78.6 Å². The summed E-state index contributed by atoms with van der Waals surface area (Å²) in [5.74, 6) is 1.25. The van der Waals surface area contributed by atoms with Crippen LogP contribution in [0, 0.1) is 0 Å². The predicted octanol–water partition coefficient (Wildman–Crippen LogP) is 5.09. The van der Waals surface area contributed by atoms with Gasteiger partial charge in [0.05, 0.1) is 0 Å². The van der Waals surface area contributed by atoms with Crippen molar-refractivity contribution < 1.29 is 0 Å². The van der Waals surface area contributed by atoms with Crippen LogP contribution in [-0.4, -0.2) is 15.8 Å². The molecule has 3 heteroatoms. The normalized spacial score (nSPS) is 20.5. The van der Waals surface area contributed by atoms with E-state index in [9.17, 15) is 0 Å². The van der Waals surface area contributed by atoms with Gasteiger partial charge in [0.15, 0.2) is 0 Å². The molecule has 2 atom stereocenters. The summed E-state index contributed by atoms with van der Waals surface area (Å²) in [6.45, 7) is 0. The molecule has 118 valence electrons. The molecule has 0 saturated carbocycles. The number of nitrogens with zero attached hydrogens (tertiary/aromatic N) is 3. The molecule has 0 fully saturated rings. The number of aliphatic imine (C=N–C) groups is 1. The SMILES string of the molecule is C1=CC2c3c(ccc4c3ccc3ccccc34)-c3nccn3C2N=C1. The van der Waals surface area contributed by atoms with Crippen LogP contribution < -0.4 is 0 Å². The van der Waals surface area contributed by atoms with Crippen LogP contribution in [0.1, 0.15) is 17.6 Å². The zero-order chi connectivity index (χ0) is 16.4. The van der Waals surface area contributed by atoms with Crippen LogP contribution in [0.15, 0.2) is 78.1 Å². The van der Waals surface area contributed by atoms with E-state index in [1.165, 1.54) is 32.7 Å². The number of dihydropyridines is 1. The van der Waals surface area contributed by atoms with E-state index >= 15 is 0 Å². The maximum absolute atomic E-state index is 4.74. The molecule has 4 aromatic rings.